The third-order valence-electron chi connectivity index (χ3n) is 3.49. The highest BCUT2D eigenvalue weighted by atomic mass is 32.1. The molecule has 0 aliphatic carbocycles. The minimum atomic E-state index is -0.303. The lowest BCUT2D eigenvalue weighted by Gasteiger charge is -2.15. The molecular formula is C18H20N2O2S. The maximum absolute atomic E-state index is 12.3. The van der Waals surface area contributed by atoms with Gasteiger partial charge in [0, 0.05) is 5.69 Å². The minimum Gasteiger partial charge on any atom is -0.496 e. The molecule has 0 atom stereocenters. The Labute approximate surface area is 141 Å². The van der Waals surface area contributed by atoms with E-state index < -0.39 is 0 Å². The summed E-state index contributed by atoms with van der Waals surface area (Å²) in [5, 5.41) is 6.05. The van der Waals surface area contributed by atoms with Crippen LogP contribution in [0.15, 0.2) is 36.4 Å². The molecule has 2 rings (SSSR count). The van der Waals surface area contributed by atoms with Gasteiger partial charge in [-0.2, -0.15) is 0 Å². The summed E-state index contributed by atoms with van der Waals surface area (Å²) < 4.78 is 5.19. The summed E-state index contributed by atoms with van der Waals surface area (Å²) in [6.45, 7) is 6.06. The van der Waals surface area contributed by atoms with Gasteiger partial charge in [0.1, 0.15) is 5.75 Å². The molecule has 0 heterocycles. The first kappa shape index (κ1) is 17.0. The summed E-state index contributed by atoms with van der Waals surface area (Å²) in [4.78, 5) is 12.3. The lowest BCUT2D eigenvalue weighted by Crippen LogP contribution is -2.34. The maximum atomic E-state index is 12.3. The number of amides is 1. The molecular weight excluding hydrogens is 308 g/mol. The molecule has 2 aromatic rings. The third-order valence-corrected chi connectivity index (χ3v) is 3.70. The molecule has 120 valence electrons. The Hall–Kier alpha value is -2.40. The van der Waals surface area contributed by atoms with Gasteiger partial charge in [-0.25, -0.2) is 0 Å². The number of anilines is 1. The second-order valence-electron chi connectivity index (χ2n) is 5.38. The molecule has 0 bridgehead atoms. The van der Waals surface area contributed by atoms with Crippen LogP contribution in [-0.2, 0) is 0 Å². The summed E-state index contributed by atoms with van der Waals surface area (Å²) in [6, 6.07) is 11.2. The van der Waals surface area contributed by atoms with E-state index in [0.717, 1.165) is 16.8 Å². The second-order valence-corrected chi connectivity index (χ2v) is 5.79. The van der Waals surface area contributed by atoms with Crippen LogP contribution in [0.25, 0.3) is 0 Å². The fraction of sp³-hybridized carbons (Fsp3) is 0.222. The Balaban J connectivity index is 2.12. The van der Waals surface area contributed by atoms with Crippen LogP contribution < -0.4 is 15.4 Å². The van der Waals surface area contributed by atoms with E-state index in [4.69, 9.17) is 17.0 Å². The number of hydrogen-bond acceptors (Lipinski definition) is 3. The lowest BCUT2D eigenvalue weighted by atomic mass is 10.1. The number of thiocarbonyl (C=S) groups is 1. The molecule has 0 spiro atoms. The van der Waals surface area contributed by atoms with Crippen LogP contribution in [-0.4, -0.2) is 18.1 Å². The Morgan fingerprint density at radius 3 is 2.30 bits per heavy atom. The quantitative estimate of drug-likeness (QED) is 0.843. The van der Waals surface area contributed by atoms with Crippen molar-refractivity contribution in [2.75, 3.05) is 12.4 Å². The van der Waals surface area contributed by atoms with E-state index in [-0.39, 0.29) is 11.0 Å². The molecule has 1 amide bonds. The molecule has 5 heteroatoms. The fourth-order valence-electron chi connectivity index (χ4n) is 2.52. The van der Waals surface area contributed by atoms with Crippen LogP contribution in [0, 0.1) is 20.8 Å². The highest BCUT2D eigenvalue weighted by Crippen LogP contribution is 2.22. The van der Waals surface area contributed by atoms with Crippen LogP contribution in [0.1, 0.15) is 27.0 Å². The topological polar surface area (TPSA) is 50.4 Å². The van der Waals surface area contributed by atoms with Crippen molar-refractivity contribution in [2.24, 2.45) is 0 Å². The number of para-hydroxylation sites is 1. The number of benzene rings is 2. The smallest absolute Gasteiger partial charge is 0.261 e. The monoisotopic (exact) mass is 328 g/mol. The van der Waals surface area contributed by atoms with E-state index in [9.17, 15) is 4.79 Å². The SMILES string of the molecule is COc1ccccc1C(=O)NC(=S)Nc1c(C)cc(C)cc1C. The fourth-order valence-corrected chi connectivity index (χ4v) is 2.72. The summed E-state index contributed by atoms with van der Waals surface area (Å²) >= 11 is 5.26. The van der Waals surface area contributed by atoms with Gasteiger partial charge in [-0.1, -0.05) is 29.8 Å². The van der Waals surface area contributed by atoms with Crippen LogP contribution >= 0.6 is 12.2 Å². The average molecular weight is 328 g/mol. The standard InChI is InChI=1S/C18H20N2O2S/c1-11-9-12(2)16(13(3)10-11)19-18(23)20-17(21)14-7-5-6-8-15(14)22-4/h5-10H,1-4H3,(H2,19,20,21,23). The van der Waals surface area contributed by atoms with E-state index in [0.29, 0.717) is 11.3 Å². The van der Waals surface area contributed by atoms with Gasteiger partial charge < -0.3 is 10.1 Å². The van der Waals surface area contributed by atoms with Crippen molar-refractivity contribution >= 4 is 28.9 Å². The van der Waals surface area contributed by atoms with Gasteiger partial charge in [0.25, 0.3) is 5.91 Å². The maximum Gasteiger partial charge on any atom is 0.261 e. The van der Waals surface area contributed by atoms with Crippen molar-refractivity contribution in [1.82, 2.24) is 5.32 Å². The van der Waals surface area contributed by atoms with Crippen molar-refractivity contribution in [3.63, 3.8) is 0 Å². The Morgan fingerprint density at radius 2 is 1.70 bits per heavy atom. The number of methoxy groups -OCH3 is 1. The van der Waals surface area contributed by atoms with Gasteiger partial charge in [0.15, 0.2) is 5.11 Å². The molecule has 0 fully saturated rings. The lowest BCUT2D eigenvalue weighted by molar-refractivity contribution is 0.0975. The van der Waals surface area contributed by atoms with E-state index in [2.05, 4.69) is 22.8 Å². The summed E-state index contributed by atoms with van der Waals surface area (Å²) in [7, 11) is 1.53. The van der Waals surface area contributed by atoms with Crippen LogP contribution in [0.4, 0.5) is 5.69 Å². The molecule has 23 heavy (non-hydrogen) atoms. The Kier molecular flexibility index (Phi) is 5.34. The number of carbonyl (C=O) groups is 1. The molecule has 0 aliphatic heterocycles. The highest BCUT2D eigenvalue weighted by molar-refractivity contribution is 7.80. The Morgan fingerprint density at radius 1 is 1.09 bits per heavy atom. The van der Waals surface area contributed by atoms with Crippen molar-refractivity contribution < 1.29 is 9.53 Å². The van der Waals surface area contributed by atoms with Crippen molar-refractivity contribution in [2.45, 2.75) is 20.8 Å². The second kappa shape index (κ2) is 7.24. The predicted octanol–water partition coefficient (Wildman–Crippen LogP) is 3.75. The number of hydrogen-bond donors (Lipinski definition) is 2. The van der Waals surface area contributed by atoms with Gasteiger partial charge in [-0.3, -0.25) is 10.1 Å². The number of ether oxygens (including phenoxy) is 1. The van der Waals surface area contributed by atoms with Crippen molar-refractivity contribution in [3.05, 3.63) is 58.7 Å². The van der Waals surface area contributed by atoms with Gasteiger partial charge in [0.05, 0.1) is 12.7 Å². The average Bonchev–Trinajstić information content (AvgIpc) is 2.50. The molecule has 2 N–H and O–H groups in total. The largest absolute Gasteiger partial charge is 0.496 e. The zero-order valence-corrected chi connectivity index (χ0v) is 14.5. The van der Waals surface area contributed by atoms with E-state index in [1.165, 1.54) is 12.7 Å². The molecule has 0 unspecified atom stereocenters. The first-order chi connectivity index (χ1) is 10.9. The third kappa shape index (κ3) is 4.07. The van der Waals surface area contributed by atoms with Gasteiger partial charge in [-0.15, -0.1) is 0 Å². The minimum absolute atomic E-state index is 0.260. The number of nitrogens with one attached hydrogen (secondary N) is 2. The van der Waals surface area contributed by atoms with Crippen LogP contribution in [0.3, 0.4) is 0 Å². The summed E-state index contributed by atoms with van der Waals surface area (Å²) in [5.41, 5.74) is 4.71. The van der Waals surface area contributed by atoms with Crippen molar-refractivity contribution in [1.29, 1.82) is 0 Å². The van der Waals surface area contributed by atoms with Crippen molar-refractivity contribution in [3.8, 4) is 5.75 Å². The van der Waals surface area contributed by atoms with Crippen LogP contribution in [0.2, 0.25) is 0 Å². The van der Waals surface area contributed by atoms with Crippen LogP contribution in [0.5, 0.6) is 5.75 Å². The normalized spacial score (nSPS) is 10.1. The van der Waals surface area contributed by atoms with Gasteiger partial charge in [0.2, 0.25) is 0 Å². The zero-order valence-electron chi connectivity index (χ0n) is 13.7. The molecule has 2 aromatic carbocycles. The summed E-state index contributed by atoms with van der Waals surface area (Å²) in [5.74, 6) is 0.206. The Bertz CT molecular complexity index is 733. The first-order valence-electron chi connectivity index (χ1n) is 7.25. The van der Waals surface area contributed by atoms with Gasteiger partial charge in [-0.05, 0) is 56.2 Å². The van der Waals surface area contributed by atoms with E-state index in [1.54, 1.807) is 18.2 Å². The molecule has 4 nitrogen and oxygen atoms in total. The molecule has 0 aromatic heterocycles. The summed E-state index contributed by atoms with van der Waals surface area (Å²) in [6.07, 6.45) is 0. The molecule has 0 aliphatic rings. The number of carbonyl (C=O) groups excluding carboxylic acids is 1. The first-order valence-corrected chi connectivity index (χ1v) is 7.66. The number of aryl methyl sites for hydroxylation is 3. The van der Waals surface area contributed by atoms with Gasteiger partial charge >= 0.3 is 0 Å². The number of rotatable bonds is 3. The van der Waals surface area contributed by atoms with E-state index in [1.807, 2.05) is 26.8 Å². The van der Waals surface area contributed by atoms with E-state index >= 15 is 0 Å². The predicted molar refractivity (Wildman–Crippen MR) is 97.3 cm³/mol. The molecule has 0 saturated heterocycles. The molecule has 0 radical (unpaired) electrons. The highest BCUT2D eigenvalue weighted by Gasteiger charge is 2.14. The zero-order chi connectivity index (χ0) is 17.0. The molecule has 0 saturated carbocycles.